The van der Waals surface area contributed by atoms with Crippen molar-refractivity contribution in [1.29, 1.82) is 0 Å². The minimum atomic E-state index is -0.501. The maximum absolute atomic E-state index is 12.9. The fourth-order valence-corrected chi connectivity index (χ4v) is 3.79. The van der Waals surface area contributed by atoms with Crippen LogP contribution in [0.4, 0.5) is 4.39 Å². The summed E-state index contributed by atoms with van der Waals surface area (Å²) in [6, 6.07) is 7.49. The van der Waals surface area contributed by atoms with Gasteiger partial charge in [-0.25, -0.2) is 9.48 Å². The van der Waals surface area contributed by atoms with E-state index >= 15 is 0 Å². The van der Waals surface area contributed by atoms with Gasteiger partial charge in [-0.15, -0.1) is 0 Å². The molecular weight excluding hydrogens is 335 g/mol. The smallest absolute Gasteiger partial charge is 0.340 e. The first-order valence-electron chi connectivity index (χ1n) is 9.15. The number of carbonyl (C=O) groups is 1. The van der Waals surface area contributed by atoms with Crippen LogP contribution in [-0.4, -0.2) is 44.9 Å². The van der Waals surface area contributed by atoms with E-state index in [1.807, 2.05) is 31.2 Å². The van der Waals surface area contributed by atoms with E-state index in [4.69, 9.17) is 0 Å². The largest absolute Gasteiger partial charge is 0.346 e. The van der Waals surface area contributed by atoms with E-state index in [0.29, 0.717) is 38.3 Å². The molecule has 1 amide bonds. The first-order chi connectivity index (χ1) is 12.6. The number of hydrogen-bond acceptors (Lipinski definition) is 3. The quantitative estimate of drug-likeness (QED) is 0.836. The SMILES string of the molecule is Cc1ccc(Cn2nc3n(c2=O)C(C(=O)N2CC(CF)C2)CCC3)cc1. The molecule has 1 aromatic heterocycles. The minimum absolute atomic E-state index is 0.0528. The second-order valence-electron chi connectivity index (χ2n) is 7.38. The van der Waals surface area contributed by atoms with Crippen molar-refractivity contribution < 1.29 is 9.18 Å². The van der Waals surface area contributed by atoms with Crippen LogP contribution < -0.4 is 5.69 Å². The Morgan fingerprint density at radius 1 is 1.27 bits per heavy atom. The fourth-order valence-electron chi connectivity index (χ4n) is 3.79. The van der Waals surface area contributed by atoms with Crippen LogP contribution in [0, 0.1) is 12.8 Å². The molecule has 6 nitrogen and oxygen atoms in total. The van der Waals surface area contributed by atoms with Crippen molar-refractivity contribution in [2.45, 2.75) is 38.8 Å². The molecule has 3 heterocycles. The first-order valence-corrected chi connectivity index (χ1v) is 9.15. The maximum atomic E-state index is 12.9. The van der Waals surface area contributed by atoms with Crippen LogP contribution in [0.15, 0.2) is 29.1 Å². The van der Waals surface area contributed by atoms with E-state index in [0.717, 1.165) is 17.5 Å². The number of fused-ring (bicyclic) bond motifs is 1. The van der Waals surface area contributed by atoms with Crippen LogP contribution in [0.1, 0.15) is 35.8 Å². The standard InChI is InChI=1S/C19H23FN4O2/c1-13-5-7-14(8-6-13)12-23-19(26)24-16(3-2-4-17(24)21-23)18(25)22-10-15(9-20)11-22/h5-8,15-16H,2-4,9-12H2,1H3. The van der Waals surface area contributed by atoms with Crippen molar-refractivity contribution in [2.24, 2.45) is 5.92 Å². The summed E-state index contributed by atoms with van der Waals surface area (Å²) in [4.78, 5) is 27.3. The Labute approximate surface area is 151 Å². The average Bonchev–Trinajstić information content (AvgIpc) is 2.92. The van der Waals surface area contributed by atoms with E-state index in [1.54, 1.807) is 9.47 Å². The number of likely N-dealkylation sites (tertiary alicyclic amines) is 1. The molecule has 2 aliphatic heterocycles. The zero-order valence-corrected chi connectivity index (χ0v) is 14.9. The highest BCUT2D eigenvalue weighted by molar-refractivity contribution is 5.81. The molecule has 4 rings (SSSR count). The molecule has 1 unspecified atom stereocenters. The van der Waals surface area contributed by atoms with Gasteiger partial charge in [0.25, 0.3) is 0 Å². The number of halogens is 1. The minimum Gasteiger partial charge on any atom is -0.340 e. The normalized spacial score (nSPS) is 19.9. The van der Waals surface area contributed by atoms with Gasteiger partial charge < -0.3 is 4.90 Å². The first kappa shape index (κ1) is 17.0. The Kier molecular flexibility index (Phi) is 4.38. The average molecular weight is 358 g/mol. The van der Waals surface area contributed by atoms with Crippen LogP contribution in [0.5, 0.6) is 0 Å². The number of nitrogens with zero attached hydrogens (tertiary/aromatic N) is 4. The highest BCUT2D eigenvalue weighted by atomic mass is 19.1. The maximum Gasteiger partial charge on any atom is 0.346 e. The number of aryl methyl sites for hydroxylation is 2. The monoisotopic (exact) mass is 358 g/mol. The highest BCUT2D eigenvalue weighted by Gasteiger charge is 2.38. The summed E-state index contributed by atoms with van der Waals surface area (Å²) < 4.78 is 15.7. The van der Waals surface area contributed by atoms with Gasteiger partial charge in [0.1, 0.15) is 11.9 Å². The van der Waals surface area contributed by atoms with Crippen LogP contribution >= 0.6 is 0 Å². The molecule has 7 heteroatoms. The number of benzene rings is 1. The third kappa shape index (κ3) is 2.95. The molecule has 1 saturated heterocycles. The lowest BCUT2D eigenvalue weighted by Gasteiger charge is -2.40. The lowest BCUT2D eigenvalue weighted by molar-refractivity contribution is -0.142. The van der Waals surface area contributed by atoms with E-state index in [2.05, 4.69) is 5.10 Å². The van der Waals surface area contributed by atoms with Crippen LogP contribution in [-0.2, 0) is 17.8 Å². The molecule has 0 spiro atoms. The highest BCUT2D eigenvalue weighted by Crippen LogP contribution is 2.27. The summed E-state index contributed by atoms with van der Waals surface area (Å²) in [5.74, 6) is 0.546. The van der Waals surface area contributed by atoms with E-state index in [-0.39, 0.29) is 17.5 Å². The van der Waals surface area contributed by atoms with Crippen molar-refractivity contribution in [2.75, 3.05) is 19.8 Å². The zero-order valence-electron chi connectivity index (χ0n) is 14.9. The van der Waals surface area contributed by atoms with Crippen LogP contribution in [0.3, 0.4) is 0 Å². The van der Waals surface area contributed by atoms with Crippen molar-refractivity contribution >= 4 is 5.91 Å². The third-order valence-electron chi connectivity index (χ3n) is 5.36. The van der Waals surface area contributed by atoms with Gasteiger partial charge in [0.2, 0.25) is 5.91 Å². The zero-order chi connectivity index (χ0) is 18.3. The second kappa shape index (κ2) is 6.70. The Bertz CT molecular complexity index is 865. The van der Waals surface area contributed by atoms with E-state index in [1.165, 1.54) is 4.68 Å². The van der Waals surface area contributed by atoms with Crippen molar-refractivity contribution in [1.82, 2.24) is 19.2 Å². The molecule has 26 heavy (non-hydrogen) atoms. The summed E-state index contributed by atoms with van der Waals surface area (Å²) in [7, 11) is 0. The number of carbonyl (C=O) groups excluding carboxylic acids is 1. The van der Waals surface area contributed by atoms with Crippen molar-refractivity contribution in [3.8, 4) is 0 Å². The molecule has 0 saturated carbocycles. The predicted molar refractivity (Wildman–Crippen MR) is 94.8 cm³/mol. The lowest BCUT2D eigenvalue weighted by atomic mass is 9.97. The van der Waals surface area contributed by atoms with Gasteiger partial charge in [0, 0.05) is 25.4 Å². The van der Waals surface area contributed by atoms with Gasteiger partial charge in [-0.2, -0.15) is 5.10 Å². The Morgan fingerprint density at radius 2 is 2.00 bits per heavy atom. The summed E-state index contributed by atoms with van der Waals surface area (Å²) in [6.07, 6.45) is 2.17. The Hall–Kier alpha value is -2.44. The molecule has 0 N–H and O–H groups in total. The van der Waals surface area contributed by atoms with Crippen molar-refractivity contribution in [3.05, 3.63) is 51.7 Å². The number of alkyl halides is 1. The van der Waals surface area contributed by atoms with Gasteiger partial charge in [0.15, 0.2) is 0 Å². The number of rotatable bonds is 4. The summed E-state index contributed by atoms with van der Waals surface area (Å²) in [5.41, 5.74) is 1.93. The van der Waals surface area contributed by atoms with E-state index in [9.17, 15) is 14.0 Å². The predicted octanol–water partition coefficient (Wildman–Crippen LogP) is 1.71. The summed E-state index contributed by atoms with van der Waals surface area (Å²) in [6.45, 7) is 2.92. The number of hydrogen-bond donors (Lipinski definition) is 0. The Morgan fingerprint density at radius 3 is 2.69 bits per heavy atom. The molecule has 1 atom stereocenters. The molecule has 0 radical (unpaired) electrons. The van der Waals surface area contributed by atoms with Crippen LogP contribution in [0.2, 0.25) is 0 Å². The lowest BCUT2D eigenvalue weighted by Crippen LogP contribution is -2.54. The van der Waals surface area contributed by atoms with Crippen molar-refractivity contribution in [3.63, 3.8) is 0 Å². The molecule has 1 fully saturated rings. The van der Waals surface area contributed by atoms with Gasteiger partial charge in [0.05, 0.1) is 13.2 Å². The topological polar surface area (TPSA) is 60.1 Å². The molecule has 1 aromatic carbocycles. The number of aromatic nitrogens is 3. The number of amides is 1. The molecule has 0 bridgehead atoms. The van der Waals surface area contributed by atoms with Gasteiger partial charge in [-0.3, -0.25) is 13.8 Å². The molecular formula is C19H23FN4O2. The molecule has 2 aromatic rings. The fraction of sp³-hybridized carbons (Fsp3) is 0.526. The Balaban J connectivity index is 1.58. The third-order valence-corrected chi connectivity index (χ3v) is 5.36. The van der Waals surface area contributed by atoms with Gasteiger partial charge in [-0.1, -0.05) is 29.8 Å². The molecule has 0 aliphatic carbocycles. The summed E-state index contributed by atoms with van der Waals surface area (Å²) >= 11 is 0. The van der Waals surface area contributed by atoms with Gasteiger partial charge in [-0.05, 0) is 25.3 Å². The summed E-state index contributed by atoms with van der Waals surface area (Å²) in [5, 5.41) is 4.47. The van der Waals surface area contributed by atoms with E-state index < -0.39 is 12.7 Å². The molecule has 2 aliphatic rings. The van der Waals surface area contributed by atoms with Crippen LogP contribution in [0.25, 0.3) is 0 Å². The van der Waals surface area contributed by atoms with Gasteiger partial charge >= 0.3 is 5.69 Å². The second-order valence-corrected chi connectivity index (χ2v) is 7.38. The molecule has 138 valence electrons.